The molecule has 0 spiro atoms. The lowest BCUT2D eigenvalue weighted by Gasteiger charge is -2.20. The normalized spacial score (nSPS) is 26.0. The summed E-state index contributed by atoms with van der Waals surface area (Å²) in [6, 6.07) is 19.8. The van der Waals surface area contributed by atoms with Crippen molar-refractivity contribution in [1.82, 2.24) is 0 Å². The lowest BCUT2D eigenvalue weighted by Crippen LogP contribution is -2.37. The van der Waals surface area contributed by atoms with E-state index < -0.39 is 18.5 Å². The quantitative estimate of drug-likeness (QED) is 0.797. The molecule has 134 valence electrons. The molecule has 1 unspecified atom stereocenters. The standard InChI is InChI=1S/C20H24O5/c1-22-20-18(21)19(24-13-16-10-6-3-7-11-16)17(25-20)14-23-12-15-8-4-2-5-9-15/h2-11,17-21H,12-14H2,1H3/t17-,18-,19+,20?/m0/s1. The van der Waals surface area contributed by atoms with Gasteiger partial charge in [-0.3, -0.25) is 0 Å². The van der Waals surface area contributed by atoms with Crippen molar-refractivity contribution in [1.29, 1.82) is 0 Å². The number of methoxy groups -OCH3 is 1. The van der Waals surface area contributed by atoms with Crippen molar-refractivity contribution in [2.75, 3.05) is 13.7 Å². The zero-order valence-electron chi connectivity index (χ0n) is 14.3. The van der Waals surface area contributed by atoms with Crippen LogP contribution in [0.5, 0.6) is 0 Å². The van der Waals surface area contributed by atoms with Crippen LogP contribution in [-0.4, -0.2) is 43.4 Å². The molecular weight excluding hydrogens is 320 g/mol. The highest BCUT2D eigenvalue weighted by Gasteiger charge is 2.44. The zero-order valence-corrected chi connectivity index (χ0v) is 14.3. The molecule has 2 aromatic carbocycles. The molecule has 1 fully saturated rings. The Kier molecular flexibility index (Phi) is 6.55. The number of rotatable bonds is 8. The van der Waals surface area contributed by atoms with Crippen molar-refractivity contribution >= 4 is 0 Å². The molecule has 0 aromatic heterocycles. The van der Waals surface area contributed by atoms with Gasteiger partial charge < -0.3 is 24.1 Å². The smallest absolute Gasteiger partial charge is 0.186 e. The van der Waals surface area contributed by atoms with Gasteiger partial charge in [0, 0.05) is 7.11 Å². The van der Waals surface area contributed by atoms with Crippen LogP contribution in [0.3, 0.4) is 0 Å². The molecule has 0 saturated carbocycles. The Labute approximate surface area is 148 Å². The second-order valence-corrected chi connectivity index (χ2v) is 6.03. The van der Waals surface area contributed by atoms with Gasteiger partial charge in [0.05, 0.1) is 19.8 Å². The molecule has 0 bridgehead atoms. The van der Waals surface area contributed by atoms with Gasteiger partial charge in [0.25, 0.3) is 0 Å². The molecule has 3 rings (SSSR count). The summed E-state index contributed by atoms with van der Waals surface area (Å²) in [7, 11) is 1.51. The molecule has 2 aromatic rings. The van der Waals surface area contributed by atoms with Crippen molar-refractivity contribution in [2.45, 2.75) is 37.8 Å². The number of aliphatic hydroxyl groups is 1. The Morgan fingerprint density at radius 2 is 1.52 bits per heavy atom. The van der Waals surface area contributed by atoms with Crippen molar-refractivity contribution in [2.24, 2.45) is 0 Å². The van der Waals surface area contributed by atoms with E-state index in [0.717, 1.165) is 11.1 Å². The second kappa shape index (κ2) is 9.08. The second-order valence-electron chi connectivity index (χ2n) is 6.03. The van der Waals surface area contributed by atoms with Crippen LogP contribution in [-0.2, 0) is 32.2 Å². The molecular formula is C20H24O5. The monoisotopic (exact) mass is 344 g/mol. The summed E-state index contributed by atoms with van der Waals surface area (Å²) in [5.41, 5.74) is 2.13. The molecule has 0 aliphatic carbocycles. The minimum atomic E-state index is -0.848. The summed E-state index contributed by atoms with van der Waals surface area (Å²) in [5.74, 6) is 0. The molecule has 25 heavy (non-hydrogen) atoms. The third kappa shape index (κ3) is 4.87. The fourth-order valence-electron chi connectivity index (χ4n) is 2.87. The van der Waals surface area contributed by atoms with Crippen LogP contribution >= 0.6 is 0 Å². The maximum absolute atomic E-state index is 10.4. The lowest BCUT2D eigenvalue weighted by molar-refractivity contribution is -0.156. The first-order valence-electron chi connectivity index (χ1n) is 8.41. The zero-order chi connectivity index (χ0) is 17.5. The number of aliphatic hydroxyl groups excluding tert-OH is 1. The molecule has 5 heteroatoms. The molecule has 0 radical (unpaired) electrons. The molecule has 1 heterocycles. The average Bonchev–Trinajstić information content (AvgIpc) is 2.97. The minimum Gasteiger partial charge on any atom is -0.385 e. The molecule has 0 amide bonds. The van der Waals surface area contributed by atoms with Gasteiger partial charge in [-0.15, -0.1) is 0 Å². The van der Waals surface area contributed by atoms with Crippen LogP contribution in [0, 0.1) is 0 Å². The van der Waals surface area contributed by atoms with Crippen LogP contribution in [0.15, 0.2) is 60.7 Å². The van der Waals surface area contributed by atoms with E-state index in [1.54, 1.807) is 0 Å². The predicted molar refractivity (Wildman–Crippen MR) is 92.8 cm³/mol. The van der Waals surface area contributed by atoms with Crippen LogP contribution in [0.1, 0.15) is 11.1 Å². The Bertz CT molecular complexity index is 618. The Hall–Kier alpha value is -1.76. The Morgan fingerprint density at radius 1 is 0.920 bits per heavy atom. The minimum absolute atomic E-state index is 0.325. The van der Waals surface area contributed by atoms with E-state index in [-0.39, 0.29) is 6.10 Å². The molecule has 5 nitrogen and oxygen atoms in total. The highest BCUT2D eigenvalue weighted by Crippen LogP contribution is 2.26. The fourth-order valence-corrected chi connectivity index (χ4v) is 2.87. The van der Waals surface area contributed by atoms with E-state index in [1.165, 1.54) is 7.11 Å². The highest BCUT2D eigenvalue weighted by atomic mass is 16.7. The molecule has 1 aliphatic heterocycles. The van der Waals surface area contributed by atoms with E-state index in [0.29, 0.717) is 19.8 Å². The first-order chi connectivity index (χ1) is 12.3. The maximum atomic E-state index is 10.4. The van der Waals surface area contributed by atoms with Crippen molar-refractivity contribution < 1.29 is 24.1 Å². The van der Waals surface area contributed by atoms with Crippen LogP contribution in [0.25, 0.3) is 0 Å². The van der Waals surface area contributed by atoms with Crippen molar-refractivity contribution in [3.63, 3.8) is 0 Å². The van der Waals surface area contributed by atoms with Gasteiger partial charge in [0.15, 0.2) is 6.29 Å². The number of ether oxygens (including phenoxy) is 4. The first-order valence-corrected chi connectivity index (χ1v) is 8.41. The average molecular weight is 344 g/mol. The van der Waals surface area contributed by atoms with Gasteiger partial charge >= 0.3 is 0 Å². The van der Waals surface area contributed by atoms with E-state index in [9.17, 15) is 5.11 Å². The number of hydrogen-bond acceptors (Lipinski definition) is 5. The molecule has 1 saturated heterocycles. The van der Waals surface area contributed by atoms with Gasteiger partial charge in [-0.25, -0.2) is 0 Å². The Balaban J connectivity index is 1.55. The van der Waals surface area contributed by atoms with E-state index >= 15 is 0 Å². The third-order valence-electron chi connectivity index (χ3n) is 4.20. The predicted octanol–water partition coefficient (Wildman–Crippen LogP) is 2.52. The topological polar surface area (TPSA) is 57.2 Å². The van der Waals surface area contributed by atoms with Crippen LogP contribution < -0.4 is 0 Å². The van der Waals surface area contributed by atoms with E-state index in [4.69, 9.17) is 18.9 Å². The van der Waals surface area contributed by atoms with Crippen molar-refractivity contribution in [3.05, 3.63) is 71.8 Å². The number of hydrogen-bond donors (Lipinski definition) is 1. The van der Waals surface area contributed by atoms with Gasteiger partial charge in [0.2, 0.25) is 0 Å². The summed E-state index contributed by atoms with van der Waals surface area (Å²) in [6.45, 7) is 1.21. The summed E-state index contributed by atoms with van der Waals surface area (Å²) in [4.78, 5) is 0. The summed E-state index contributed by atoms with van der Waals surface area (Å²) >= 11 is 0. The summed E-state index contributed by atoms with van der Waals surface area (Å²) in [5, 5.41) is 10.4. The van der Waals surface area contributed by atoms with Gasteiger partial charge in [-0.05, 0) is 11.1 Å². The molecule has 1 aliphatic rings. The molecule has 4 atom stereocenters. The summed E-state index contributed by atoms with van der Waals surface area (Å²) < 4.78 is 22.6. The van der Waals surface area contributed by atoms with E-state index in [1.807, 2.05) is 60.7 Å². The van der Waals surface area contributed by atoms with E-state index in [2.05, 4.69) is 0 Å². The van der Waals surface area contributed by atoms with Gasteiger partial charge in [-0.1, -0.05) is 60.7 Å². The first kappa shape index (κ1) is 18.0. The van der Waals surface area contributed by atoms with Gasteiger partial charge in [-0.2, -0.15) is 0 Å². The largest absolute Gasteiger partial charge is 0.385 e. The van der Waals surface area contributed by atoms with Crippen molar-refractivity contribution in [3.8, 4) is 0 Å². The maximum Gasteiger partial charge on any atom is 0.186 e. The lowest BCUT2D eigenvalue weighted by atomic mass is 10.1. The van der Waals surface area contributed by atoms with Crippen LogP contribution in [0.2, 0.25) is 0 Å². The molecule has 1 N–H and O–H groups in total. The third-order valence-corrected chi connectivity index (χ3v) is 4.20. The Morgan fingerprint density at radius 3 is 2.12 bits per heavy atom. The fraction of sp³-hybridized carbons (Fsp3) is 0.400. The summed E-state index contributed by atoms with van der Waals surface area (Å²) in [6.07, 6.45) is -2.43. The number of benzene rings is 2. The van der Waals surface area contributed by atoms with Crippen LogP contribution in [0.4, 0.5) is 0 Å². The SMILES string of the molecule is COC1O[C@@H](COCc2ccccc2)[C@@H](OCc2ccccc2)[C@@H]1O. The highest BCUT2D eigenvalue weighted by molar-refractivity contribution is 5.14. The van der Waals surface area contributed by atoms with Gasteiger partial charge in [0.1, 0.15) is 18.3 Å².